The van der Waals surface area contributed by atoms with Crippen LogP contribution in [0.1, 0.15) is 29.7 Å². The molecule has 0 saturated carbocycles. The van der Waals surface area contributed by atoms with E-state index in [0.29, 0.717) is 0 Å². The number of nitrogens with zero attached hydrogens (tertiary/aromatic N) is 2. The third-order valence-electron chi connectivity index (χ3n) is 6.61. The Balaban J connectivity index is 1.55. The molecule has 3 aromatic heterocycles. The monoisotopic (exact) mass is 440 g/mol. The average molecular weight is 441 g/mol. The summed E-state index contributed by atoms with van der Waals surface area (Å²) in [5, 5.41) is 2.15. The highest BCUT2D eigenvalue weighted by atomic mass is 16.3. The minimum atomic E-state index is 0.133. The second-order valence-corrected chi connectivity index (χ2v) is 8.74. The molecule has 1 atom stereocenters. The molecule has 34 heavy (non-hydrogen) atoms. The lowest BCUT2D eigenvalue weighted by Gasteiger charge is -2.14. The fourth-order valence-corrected chi connectivity index (χ4v) is 4.78. The maximum absolute atomic E-state index is 6.44. The largest absolute Gasteiger partial charge is 0.455 e. The summed E-state index contributed by atoms with van der Waals surface area (Å²) >= 11 is 0. The SMILES string of the molecule is Cc1cc(-c2cnc(C(C)c3ccccc3)c3c2oc2ccccc23)ncc1-c1ccccc1. The molecule has 3 nitrogen and oxygen atoms in total. The third kappa shape index (κ3) is 3.37. The predicted octanol–water partition coefficient (Wildman–Crippen LogP) is 8.17. The van der Waals surface area contributed by atoms with Crippen LogP contribution in [0.2, 0.25) is 0 Å². The van der Waals surface area contributed by atoms with Crippen molar-refractivity contribution in [3.05, 3.63) is 120 Å². The molecular formula is C31H24N2O. The van der Waals surface area contributed by atoms with Gasteiger partial charge in [-0.1, -0.05) is 85.8 Å². The number of hydrogen-bond acceptors (Lipinski definition) is 3. The number of para-hydroxylation sites is 1. The quantitative estimate of drug-likeness (QED) is 0.277. The molecule has 0 aliphatic rings. The normalized spacial score (nSPS) is 12.3. The molecule has 0 spiro atoms. The van der Waals surface area contributed by atoms with Gasteiger partial charge in [0, 0.05) is 29.3 Å². The minimum Gasteiger partial charge on any atom is -0.455 e. The van der Waals surface area contributed by atoms with Crippen LogP contribution < -0.4 is 0 Å². The van der Waals surface area contributed by atoms with Gasteiger partial charge in [0.05, 0.1) is 22.3 Å². The number of aromatic nitrogens is 2. The zero-order valence-electron chi connectivity index (χ0n) is 19.2. The first-order valence-corrected chi connectivity index (χ1v) is 11.6. The van der Waals surface area contributed by atoms with E-state index in [-0.39, 0.29) is 5.92 Å². The molecule has 0 saturated heterocycles. The first-order valence-electron chi connectivity index (χ1n) is 11.6. The summed E-state index contributed by atoms with van der Waals surface area (Å²) in [4.78, 5) is 9.83. The van der Waals surface area contributed by atoms with E-state index in [4.69, 9.17) is 14.4 Å². The summed E-state index contributed by atoms with van der Waals surface area (Å²) in [7, 11) is 0. The number of hydrogen-bond donors (Lipinski definition) is 0. The van der Waals surface area contributed by atoms with Crippen molar-refractivity contribution >= 4 is 21.9 Å². The van der Waals surface area contributed by atoms with Gasteiger partial charge in [-0.2, -0.15) is 0 Å². The van der Waals surface area contributed by atoms with E-state index in [1.807, 2.05) is 36.7 Å². The van der Waals surface area contributed by atoms with Gasteiger partial charge in [0.1, 0.15) is 11.2 Å². The standard InChI is InChI=1S/C31H24N2O/c1-20-17-27(32-18-25(20)23-13-7-4-8-14-23)26-19-33-30(21(2)22-11-5-3-6-12-22)29-24-15-9-10-16-28(24)34-31(26)29/h3-19,21H,1-2H3. The van der Waals surface area contributed by atoms with Crippen molar-refractivity contribution in [1.29, 1.82) is 0 Å². The Morgan fingerprint density at radius 3 is 2.18 bits per heavy atom. The lowest BCUT2D eigenvalue weighted by atomic mass is 9.93. The summed E-state index contributed by atoms with van der Waals surface area (Å²) < 4.78 is 6.44. The predicted molar refractivity (Wildman–Crippen MR) is 139 cm³/mol. The van der Waals surface area contributed by atoms with Crippen LogP contribution in [0, 0.1) is 6.92 Å². The Morgan fingerprint density at radius 2 is 1.41 bits per heavy atom. The van der Waals surface area contributed by atoms with Gasteiger partial charge in [0.2, 0.25) is 0 Å². The molecule has 0 fully saturated rings. The van der Waals surface area contributed by atoms with E-state index in [0.717, 1.165) is 50.0 Å². The zero-order valence-corrected chi connectivity index (χ0v) is 19.2. The van der Waals surface area contributed by atoms with Crippen molar-refractivity contribution in [1.82, 2.24) is 9.97 Å². The van der Waals surface area contributed by atoms with Gasteiger partial charge >= 0.3 is 0 Å². The number of aryl methyl sites for hydroxylation is 1. The van der Waals surface area contributed by atoms with Gasteiger partial charge in [0.15, 0.2) is 0 Å². The number of furan rings is 1. The van der Waals surface area contributed by atoms with E-state index >= 15 is 0 Å². The van der Waals surface area contributed by atoms with E-state index < -0.39 is 0 Å². The van der Waals surface area contributed by atoms with Crippen LogP contribution in [0.4, 0.5) is 0 Å². The smallest absolute Gasteiger partial charge is 0.148 e. The maximum Gasteiger partial charge on any atom is 0.148 e. The molecule has 0 radical (unpaired) electrons. The zero-order chi connectivity index (χ0) is 23.1. The molecule has 3 aromatic carbocycles. The van der Waals surface area contributed by atoms with Crippen LogP contribution in [-0.2, 0) is 0 Å². The molecule has 0 aliphatic heterocycles. The Hall–Kier alpha value is -4.24. The summed E-state index contributed by atoms with van der Waals surface area (Å²) in [6.45, 7) is 4.33. The Kier molecular flexibility index (Phi) is 4.96. The Morgan fingerprint density at radius 1 is 0.735 bits per heavy atom. The van der Waals surface area contributed by atoms with Crippen molar-refractivity contribution < 1.29 is 4.42 Å². The van der Waals surface area contributed by atoms with Crippen molar-refractivity contribution in [3.8, 4) is 22.4 Å². The molecule has 164 valence electrons. The highest BCUT2D eigenvalue weighted by Crippen LogP contribution is 2.40. The van der Waals surface area contributed by atoms with Gasteiger partial charge < -0.3 is 4.42 Å². The van der Waals surface area contributed by atoms with E-state index in [1.54, 1.807) is 0 Å². The summed E-state index contributed by atoms with van der Waals surface area (Å²) in [5.74, 6) is 0.133. The first kappa shape index (κ1) is 20.4. The molecule has 0 aliphatic carbocycles. The van der Waals surface area contributed by atoms with E-state index in [1.165, 1.54) is 11.1 Å². The van der Waals surface area contributed by atoms with Crippen molar-refractivity contribution in [2.24, 2.45) is 0 Å². The number of fused-ring (bicyclic) bond motifs is 3. The highest BCUT2D eigenvalue weighted by Gasteiger charge is 2.22. The van der Waals surface area contributed by atoms with Gasteiger partial charge in [-0.05, 0) is 35.7 Å². The van der Waals surface area contributed by atoms with Crippen LogP contribution in [-0.4, -0.2) is 9.97 Å². The molecule has 3 heteroatoms. The third-order valence-corrected chi connectivity index (χ3v) is 6.61. The topological polar surface area (TPSA) is 38.9 Å². The summed E-state index contributed by atoms with van der Waals surface area (Å²) in [6, 6.07) is 31.2. The van der Waals surface area contributed by atoms with Gasteiger partial charge in [0.25, 0.3) is 0 Å². The maximum atomic E-state index is 6.44. The van der Waals surface area contributed by atoms with E-state index in [9.17, 15) is 0 Å². The van der Waals surface area contributed by atoms with E-state index in [2.05, 4.69) is 80.6 Å². The van der Waals surface area contributed by atoms with Crippen molar-refractivity contribution in [3.63, 3.8) is 0 Å². The summed E-state index contributed by atoms with van der Waals surface area (Å²) in [6.07, 6.45) is 3.87. The highest BCUT2D eigenvalue weighted by molar-refractivity contribution is 6.10. The lowest BCUT2D eigenvalue weighted by Crippen LogP contribution is -2.01. The Labute approximate surface area is 198 Å². The average Bonchev–Trinajstić information content (AvgIpc) is 3.28. The molecule has 0 N–H and O–H groups in total. The van der Waals surface area contributed by atoms with Gasteiger partial charge in [-0.3, -0.25) is 9.97 Å². The van der Waals surface area contributed by atoms with Gasteiger partial charge in [-0.25, -0.2) is 0 Å². The molecule has 0 amide bonds. The van der Waals surface area contributed by atoms with Crippen LogP contribution >= 0.6 is 0 Å². The number of pyridine rings is 2. The van der Waals surface area contributed by atoms with Crippen LogP contribution in [0.15, 0.2) is 108 Å². The van der Waals surface area contributed by atoms with Crippen molar-refractivity contribution in [2.75, 3.05) is 0 Å². The van der Waals surface area contributed by atoms with Crippen LogP contribution in [0.25, 0.3) is 44.3 Å². The second-order valence-electron chi connectivity index (χ2n) is 8.74. The molecule has 1 unspecified atom stereocenters. The van der Waals surface area contributed by atoms with Crippen LogP contribution in [0.3, 0.4) is 0 Å². The molecule has 0 bridgehead atoms. The second kappa shape index (κ2) is 8.27. The molecule has 3 heterocycles. The van der Waals surface area contributed by atoms with Crippen molar-refractivity contribution in [2.45, 2.75) is 19.8 Å². The number of benzene rings is 3. The van der Waals surface area contributed by atoms with Gasteiger partial charge in [-0.15, -0.1) is 0 Å². The lowest BCUT2D eigenvalue weighted by molar-refractivity contribution is 0.668. The fourth-order valence-electron chi connectivity index (χ4n) is 4.78. The fraction of sp³-hybridized carbons (Fsp3) is 0.0968. The summed E-state index contributed by atoms with van der Waals surface area (Å²) in [5.41, 5.74) is 9.21. The molecule has 6 aromatic rings. The first-order chi connectivity index (χ1) is 16.7. The van der Waals surface area contributed by atoms with Crippen LogP contribution in [0.5, 0.6) is 0 Å². The number of rotatable bonds is 4. The molecule has 6 rings (SSSR count). The Bertz CT molecular complexity index is 1620. The minimum absolute atomic E-state index is 0.133. The molecular weight excluding hydrogens is 416 g/mol.